The average molecular weight is 408 g/mol. The van der Waals surface area contributed by atoms with Crippen LogP contribution in [0.3, 0.4) is 0 Å². The molecule has 0 atom stereocenters. The minimum atomic E-state index is -3.77. The van der Waals surface area contributed by atoms with Crippen LogP contribution in [-0.2, 0) is 10.0 Å². The molecule has 0 spiro atoms. The largest absolute Gasteiger partial charge is 0.319 e. The third-order valence-corrected chi connectivity index (χ3v) is 6.39. The highest BCUT2D eigenvalue weighted by Gasteiger charge is 2.23. The number of rotatable bonds is 5. The molecular weight excluding hydrogens is 386 g/mol. The van der Waals surface area contributed by atoms with Crippen LogP contribution in [0.5, 0.6) is 0 Å². The molecule has 1 aliphatic rings. The molecule has 0 heterocycles. The summed E-state index contributed by atoms with van der Waals surface area (Å²) in [4.78, 5) is 12.5. The molecule has 2 N–H and O–H groups in total. The maximum absolute atomic E-state index is 13.8. The Morgan fingerprint density at radius 3 is 2.43 bits per heavy atom. The van der Waals surface area contributed by atoms with Crippen molar-refractivity contribution >= 4 is 21.6 Å². The van der Waals surface area contributed by atoms with Crippen molar-refractivity contribution in [2.45, 2.75) is 50.0 Å². The van der Waals surface area contributed by atoms with Crippen LogP contribution in [0.4, 0.5) is 14.5 Å². The summed E-state index contributed by atoms with van der Waals surface area (Å²) < 4.78 is 54.9. The van der Waals surface area contributed by atoms with Crippen LogP contribution in [0.15, 0.2) is 41.3 Å². The van der Waals surface area contributed by atoms with Gasteiger partial charge in [0.15, 0.2) is 0 Å². The van der Waals surface area contributed by atoms with E-state index in [9.17, 15) is 22.0 Å². The summed E-state index contributed by atoms with van der Waals surface area (Å²) in [5, 5.41) is 2.36. The number of hydrogen-bond donors (Lipinski definition) is 2. The van der Waals surface area contributed by atoms with E-state index in [4.69, 9.17) is 0 Å². The van der Waals surface area contributed by atoms with Gasteiger partial charge in [0, 0.05) is 17.7 Å². The van der Waals surface area contributed by atoms with Gasteiger partial charge in [-0.3, -0.25) is 4.79 Å². The lowest BCUT2D eigenvalue weighted by Gasteiger charge is -2.22. The van der Waals surface area contributed by atoms with Gasteiger partial charge < -0.3 is 5.32 Å². The Morgan fingerprint density at radius 2 is 1.75 bits per heavy atom. The number of hydrogen-bond acceptors (Lipinski definition) is 3. The standard InChI is InChI=1S/C20H22F2N2O3S/c1-13-7-9-16(28(26,27)24-15-5-3-2-4-6-15)12-17(13)20(25)23-19-10-8-14(21)11-18(19)22/h7-12,15,24H,2-6H2,1H3,(H,23,25). The van der Waals surface area contributed by atoms with E-state index in [1.54, 1.807) is 6.92 Å². The van der Waals surface area contributed by atoms with Gasteiger partial charge in [-0.15, -0.1) is 0 Å². The summed E-state index contributed by atoms with van der Waals surface area (Å²) in [6.07, 6.45) is 4.66. The van der Waals surface area contributed by atoms with Crippen molar-refractivity contribution in [2.75, 3.05) is 5.32 Å². The zero-order valence-electron chi connectivity index (χ0n) is 15.5. The van der Waals surface area contributed by atoms with Gasteiger partial charge >= 0.3 is 0 Å². The predicted molar refractivity (Wildman–Crippen MR) is 103 cm³/mol. The Labute approximate surface area is 163 Å². The van der Waals surface area contributed by atoms with Crippen LogP contribution in [0.1, 0.15) is 48.0 Å². The summed E-state index contributed by atoms with van der Waals surface area (Å²) in [5.74, 6) is -2.33. The van der Waals surface area contributed by atoms with Gasteiger partial charge in [-0.1, -0.05) is 25.3 Å². The van der Waals surface area contributed by atoms with E-state index < -0.39 is 27.6 Å². The topological polar surface area (TPSA) is 75.3 Å². The van der Waals surface area contributed by atoms with Gasteiger partial charge in [0.1, 0.15) is 11.6 Å². The predicted octanol–water partition coefficient (Wildman–Crippen LogP) is 4.14. The lowest BCUT2D eigenvalue weighted by atomic mass is 9.96. The van der Waals surface area contributed by atoms with Gasteiger partial charge in [-0.05, 0) is 49.6 Å². The summed E-state index contributed by atoms with van der Waals surface area (Å²) in [7, 11) is -3.77. The molecule has 0 radical (unpaired) electrons. The molecule has 3 rings (SSSR count). The summed E-state index contributed by atoms with van der Waals surface area (Å²) in [6, 6.07) is 6.95. The van der Waals surface area contributed by atoms with Gasteiger partial charge in [-0.25, -0.2) is 21.9 Å². The molecular formula is C20H22F2N2O3S. The Morgan fingerprint density at radius 1 is 1.04 bits per heavy atom. The molecule has 1 saturated carbocycles. The van der Waals surface area contributed by atoms with Crippen molar-refractivity contribution < 1.29 is 22.0 Å². The van der Waals surface area contributed by atoms with Gasteiger partial charge in [0.25, 0.3) is 5.91 Å². The Hall–Kier alpha value is -2.32. The van der Waals surface area contributed by atoms with Crippen molar-refractivity contribution in [1.82, 2.24) is 4.72 Å². The fourth-order valence-corrected chi connectivity index (χ4v) is 4.63. The van der Waals surface area contributed by atoms with Crippen LogP contribution in [0.2, 0.25) is 0 Å². The molecule has 5 nitrogen and oxygen atoms in total. The SMILES string of the molecule is Cc1ccc(S(=O)(=O)NC2CCCCC2)cc1C(=O)Nc1ccc(F)cc1F. The van der Waals surface area contributed by atoms with Crippen LogP contribution < -0.4 is 10.0 Å². The second-order valence-corrected chi connectivity index (χ2v) is 8.73. The van der Waals surface area contributed by atoms with E-state index in [0.717, 1.165) is 44.2 Å². The van der Waals surface area contributed by atoms with E-state index in [1.807, 2.05) is 0 Å². The molecule has 150 valence electrons. The summed E-state index contributed by atoms with van der Waals surface area (Å²) >= 11 is 0. The number of benzene rings is 2. The van der Waals surface area contributed by atoms with Gasteiger partial charge in [0.2, 0.25) is 10.0 Å². The number of amides is 1. The van der Waals surface area contributed by atoms with Crippen molar-refractivity contribution in [3.63, 3.8) is 0 Å². The Balaban J connectivity index is 1.83. The van der Waals surface area contributed by atoms with Crippen molar-refractivity contribution in [3.05, 3.63) is 59.2 Å². The Kier molecular flexibility index (Phi) is 6.10. The number of carbonyl (C=O) groups excluding carboxylic acids is 1. The van der Waals surface area contributed by atoms with E-state index in [2.05, 4.69) is 10.0 Å². The van der Waals surface area contributed by atoms with Crippen molar-refractivity contribution in [1.29, 1.82) is 0 Å². The molecule has 28 heavy (non-hydrogen) atoms. The number of carbonyl (C=O) groups is 1. The van der Waals surface area contributed by atoms with Crippen LogP contribution in [0, 0.1) is 18.6 Å². The molecule has 0 bridgehead atoms. The fourth-order valence-electron chi connectivity index (χ4n) is 3.30. The second-order valence-electron chi connectivity index (χ2n) is 7.01. The first kappa shape index (κ1) is 20.4. The highest BCUT2D eigenvalue weighted by molar-refractivity contribution is 7.89. The molecule has 2 aromatic rings. The fraction of sp³-hybridized carbons (Fsp3) is 0.350. The number of sulfonamides is 1. The molecule has 1 amide bonds. The zero-order chi connectivity index (χ0) is 20.3. The van der Waals surface area contributed by atoms with Gasteiger partial charge in [-0.2, -0.15) is 0 Å². The minimum absolute atomic E-state index is 0.0200. The number of aryl methyl sites for hydroxylation is 1. The molecule has 1 aliphatic carbocycles. The molecule has 1 fully saturated rings. The lowest BCUT2D eigenvalue weighted by molar-refractivity contribution is 0.102. The molecule has 0 saturated heterocycles. The first-order valence-corrected chi connectivity index (χ1v) is 10.6. The van der Waals surface area contributed by atoms with Gasteiger partial charge in [0.05, 0.1) is 10.6 Å². The minimum Gasteiger partial charge on any atom is -0.319 e. The molecule has 0 unspecified atom stereocenters. The Bertz CT molecular complexity index is 987. The van der Waals surface area contributed by atoms with E-state index >= 15 is 0 Å². The smallest absolute Gasteiger partial charge is 0.256 e. The highest BCUT2D eigenvalue weighted by Crippen LogP contribution is 2.22. The molecule has 0 aromatic heterocycles. The zero-order valence-corrected chi connectivity index (χ0v) is 16.3. The normalized spacial score (nSPS) is 15.4. The maximum atomic E-state index is 13.8. The van der Waals surface area contributed by atoms with Crippen LogP contribution >= 0.6 is 0 Å². The van der Waals surface area contributed by atoms with Crippen LogP contribution in [0.25, 0.3) is 0 Å². The number of nitrogens with one attached hydrogen (secondary N) is 2. The summed E-state index contributed by atoms with van der Waals surface area (Å²) in [6.45, 7) is 1.65. The summed E-state index contributed by atoms with van der Waals surface area (Å²) in [5.41, 5.74) is 0.464. The lowest BCUT2D eigenvalue weighted by Crippen LogP contribution is -2.36. The third-order valence-electron chi connectivity index (χ3n) is 4.87. The maximum Gasteiger partial charge on any atom is 0.256 e. The van der Waals surface area contributed by atoms with Crippen molar-refractivity contribution in [2.24, 2.45) is 0 Å². The average Bonchev–Trinajstić information content (AvgIpc) is 2.64. The van der Waals surface area contributed by atoms with E-state index in [0.29, 0.717) is 11.6 Å². The van der Waals surface area contributed by atoms with E-state index in [1.165, 1.54) is 18.2 Å². The van der Waals surface area contributed by atoms with Crippen molar-refractivity contribution in [3.8, 4) is 0 Å². The molecule has 0 aliphatic heterocycles. The molecule has 2 aromatic carbocycles. The quantitative estimate of drug-likeness (QED) is 0.781. The molecule has 8 heteroatoms. The highest BCUT2D eigenvalue weighted by atomic mass is 32.2. The van der Waals surface area contributed by atoms with E-state index in [-0.39, 0.29) is 22.2 Å². The first-order chi connectivity index (χ1) is 13.3. The monoisotopic (exact) mass is 408 g/mol. The second kappa shape index (κ2) is 8.36. The first-order valence-electron chi connectivity index (χ1n) is 9.15. The third kappa shape index (κ3) is 4.74. The number of anilines is 1. The van der Waals surface area contributed by atoms with Crippen LogP contribution in [-0.4, -0.2) is 20.4 Å². The number of halogens is 2.